The first-order valence-electron chi connectivity index (χ1n) is 8.05. The second-order valence-corrected chi connectivity index (χ2v) is 7.14. The highest BCUT2D eigenvalue weighted by Crippen LogP contribution is 2.16. The van der Waals surface area contributed by atoms with Crippen LogP contribution in [0.25, 0.3) is 11.2 Å². The van der Waals surface area contributed by atoms with E-state index in [1.165, 1.54) is 29.6 Å². The molecule has 3 rings (SSSR count). The molecule has 0 saturated heterocycles. The summed E-state index contributed by atoms with van der Waals surface area (Å²) >= 11 is 0. The van der Waals surface area contributed by atoms with Crippen LogP contribution in [-0.2, 0) is 31.0 Å². The molecule has 10 heteroatoms. The first kappa shape index (κ1) is 17.6. The van der Waals surface area contributed by atoms with E-state index in [0.29, 0.717) is 5.69 Å². The summed E-state index contributed by atoms with van der Waals surface area (Å²) in [5.74, 6) is -0.325. The molecule has 0 aliphatic heterocycles. The normalized spacial score (nSPS) is 11.9. The predicted molar refractivity (Wildman–Crippen MR) is 96.1 cm³/mol. The van der Waals surface area contributed by atoms with Crippen LogP contribution >= 0.6 is 0 Å². The lowest BCUT2D eigenvalue weighted by atomic mass is 10.1. The van der Waals surface area contributed by atoms with Gasteiger partial charge in [-0.1, -0.05) is 0 Å². The Hall–Kier alpha value is -3.17. The van der Waals surface area contributed by atoms with Crippen LogP contribution in [0.1, 0.15) is 20.8 Å². The number of aryl methyl sites for hydroxylation is 1. The van der Waals surface area contributed by atoms with Gasteiger partial charge in [0, 0.05) is 20.3 Å². The van der Waals surface area contributed by atoms with E-state index in [1.807, 2.05) is 20.8 Å². The van der Waals surface area contributed by atoms with Gasteiger partial charge >= 0.3 is 5.69 Å². The van der Waals surface area contributed by atoms with Gasteiger partial charge in [0.25, 0.3) is 5.56 Å². The van der Waals surface area contributed by atoms with Gasteiger partial charge in [-0.05, 0) is 20.8 Å². The fourth-order valence-corrected chi connectivity index (χ4v) is 2.63. The lowest BCUT2D eigenvalue weighted by Crippen LogP contribution is -2.37. The Morgan fingerprint density at radius 1 is 1.19 bits per heavy atom. The van der Waals surface area contributed by atoms with Crippen molar-refractivity contribution in [2.45, 2.75) is 32.9 Å². The van der Waals surface area contributed by atoms with Crippen LogP contribution in [0, 0.1) is 0 Å². The standard InChI is InChI=1S/C16H21N7O3/c1-16(2,3)23-7-10(6-18-23)19-11(24)8-22-9-17-13-12(22)14(25)21(5)15(26)20(13)4/h6-7,9H,8H2,1-5H3,(H,19,24). The molecule has 0 radical (unpaired) electrons. The number of aromatic nitrogens is 6. The summed E-state index contributed by atoms with van der Waals surface area (Å²) in [5, 5.41) is 6.98. The number of nitrogens with zero attached hydrogens (tertiary/aromatic N) is 6. The molecule has 0 unspecified atom stereocenters. The Morgan fingerprint density at radius 2 is 1.88 bits per heavy atom. The van der Waals surface area contributed by atoms with E-state index in [1.54, 1.807) is 17.1 Å². The SMILES string of the molecule is Cn1c(=O)c2c(ncn2CC(=O)Nc2cnn(C(C)(C)C)c2)n(C)c1=O. The molecule has 1 amide bonds. The van der Waals surface area contributed by atoms with Gasteiger partial charge in [-0.2, -0.15) is 5.10 Å². The second kappa shape index (κ2) is 5.97. The van der Waals surface area contributed by atoms with Gasteiger partial charge in [-0.25, -0.2) is 9.78 Å². The highest BCUT2D eigenvalue weighted by atomic mass is 16.2. The number of fused-ring (bicyclic) bond motifs is 1. The van der Waals surface area contributed by atoms with Crippen molar-refractivity contribution in [2.75, 3.05) is 5.32 Å². The minimum Gasteiger partial charge on any atom is -0.322 e. The summed E-state index contributed by atoms with van der Waals surface area (Å²) in [6.45, 7) is 5.90. The van der Waals surface area contributed by atoms with Crippen LogP contribution in [-0.4, -0.2) is 34.4 Å². The summed E-state index contributed by atoms with van der Waals surface area (Å²) in [4.78, 5) is 40.8. The van der Waals surface area contributed by atoms with E-state index in [4.69, 9.17) is 0 Å². The summed E-state index contributed by atoms with van der Waals surface area (Å²) in [7, 11) is 2.92. The average Bonchev–Trinajstić information content (AvgIpc) is 3.18. The first-order valence-corrected chi connectivity index (χ1v) is 8.05. The molecule has 0 atom stereocenters. The second-order valence-electron chi connectivity index (χ2n) is 7.14. The Bertz CT molecular complexity index is 1110. The van der Waals surface area contributed by atoms with Crippen molar-refractivity contribution in [1.82, 2.24) is 28.5 Å². The Balaban J connectivity index is 1.88. The average molecular weight is 359 g/mol. The molecule has 0 aliphatic carbocycles. The Labute approximate surface area is 148 Å². The van der Waals surface area contributed by atoms with E-state index in [9.17, 15) is 14.4 Å². The van der Waals surface area contributed by atoms with Crippen molar-refractivity contribution in [3.05, 3.63) is 39.6 Å². The number of hydrogen-bond acceptors (Lipinski definition) is 5. The fraction of sp³-hybridized carbons (Fsp3) is 0.438. The smallest absolute Gasteiger partial charge is 0.322 e. The minimum absolute atomic E-state index is 0.107. The van der Waals surface area contributed by atoms with Crippen molar-refractivity contribution in [3.63, 3.8) is 0 Å². The third-order valence-electron chi connectivity index (χ3n) is 4.08. The molecule has 0 saturated carbocycles. The maximum atomic E-state index is 12.4. The molecule has 3 heterocycles. The van der Waals surface area contributed by atoms with Gasteiger partial charge in [0.15, 0.2) is 11.2 Å². The van der Waals surface area contributed by atoms with Crippen molar-refractivity contribution >= 4 is 22.8 Å². The summed E-state index contributed by atoms with van der Waals surface area (Å²) in [5.41, 5.74) is -0.141. The number of nitrogens with one attached hydrogen (secondary N) is 1. The Kier molecular flexibility index (Phi) is 4.05. The van der Waals surface area contributed by atoms with E-state index >= 15 is 0 Å². The van der Waals surface area contributed by atoms with Crippen molar-refractivity contribution in [1.29, 1.82) is 0 Å². The van der Waals surface area contributed by atoms with Gasteiger partial charge in [-0.15, -0.1) is 0 Å². The quantitative estimate of drug-likeness (QED) is 0.709. The molecule has 0 fully saturated rings. The van der Waals surface area contributed by atoms with E-state index < -0.39 is 11.2 Å². The maximum absolute atomic E-state index is 12.4. The molecule has 3 aromatic heterocycles. The summed E-state index contributed by atoms with van der Waals surface area (Å²) in [6.07, 6.45) is 4.69. The molecule has 138 valence electrons. The number of amides is 1. The topological polar surface area (TPSA) is 109 Å². The zero-order valence-electron chi connectivity index (χ0n) is 15.3. The molecule has 1 N–H and O–H groups in total. The number of anilines is 1. The molecule has 10 nitrogen and oxygen atoms in total. The van der Waals surface area contributed by atoms with Gasteiger partial charge < -0.3 is 9.88 Å². The molecule has 0 aromatic carbocycles. The van der Waals surface area contributed by atoms with Crippen LogP contribution in [0.2, 0.25) is 0 Å². The van der Waals surface area contributed by atoms with Gasteiger partial charge in [0.1, 0.15) is 6.54 Å². The van der Waals surface area contributed by atoms with Crippen LogP contribution in [0.5, 0.6) is 0 Å². The van der Waals surface area contributed by atoms with Gasteiger partial charge in [0.2, 0.25) is 5.91 Å². The Morgan fingerprint density at radius 3 is 2.50 bits per heavy atom. The summed E-state index contributed by atoms with van der Waals surface area (Å²) in [6, 6.07) is 0. The van der Waals surface area contributed by atoms with Crippen LogP contribution in [0.15, 0.2) is 28.3 Å². The van der Waals surface area contributed by atoms with Crippen molar-refractivity contribution in [3.8, 4) is 0 Å². The predicted octanol–water partition coefficient (Wildman–Crippen LogP) is 0.0239. The highest BCUT2D eigenvalue weighted by molar-refractivity contribution is 5.91. The molecular weight excluding hydrogens is 338 g/mol. The molecule has 0 bridgehead atoms. The third-order valence-corrected chi connectivity index (χ3v) is 4.08. The lowest BCUT2D eigenvalue weighted by Gasteiger charge is -2.18. The zero-order valence-corrected chi connectivity index (χ0v) is 15.3. The van der Waals surface area contributed by atoms with Gasteiger partial charge in [0.05, 0.1) is 23.8 Å². The minimum atomic E-state index is -0.492. The first-order chi connectivity index (χ1) is 12.1. The molecule has 3 aromatic rings. The third kappa shape index (κ3) is 2.93. The molecular formula is C16H21N7O3. The fourth-order valence-electron chi connectivity index (χ4n) is 2.63. The lowest BCUT2D eigenvalue weighted by molar-refractivity contribution is -0.116. The van der Waals surface area contributed by atoms with Crippen molar-refractivity contribution < 1.29 is 4.79 Å². The number of hydrogen-bond donors (Lipinski definition) is 1. The van der Waals surface area contributed by atoms with Crippen LogP contribution < -0.4 is 16.6 Å². The maximum Gasteiger partial charge on any atom is 0.332 e. The molecule has 0 aliphatic rings. The largest absolute Gasteiger partial charge is 0.332 e. The monoisotopic (exact) mass is 359 g/mol. The summed E-state index contributed by atoms with van der Waals surface area (Å²) < 4.78 is 5.45. The number of rotatable bonds is 3. The van der Waals surface area contributed by atoms with E-state index in [0.717, 1.165) is 4.57 Å². The zero-order chi connectivity index (χ0) is 19.2. The number of carbonyl (C=O) groups is 1. The van der Waals surface area contributed by atoms with Crippen LogP contribution in [0.4, 0.5) is 5.69 Å². The number of carbonyl (C=O) groups excluding carboxylic acids is 1. The number of imidazole rings is 1. The van der Waals surface area contributed by atoms with Crippen molar-refractivity contribution in [2.24, 2.45) is 14.1 Å². The van der Waals surface area contributed by atoms with Crippen LogP contribution in [0.3, 0.4) is 0 Å². The molecule has 0 spiro atoms. The molecule has 26 heavy (non-hydrogen) atoms. The van der Waals surface area contributed by atoms with Gasteiger partial charge in [-0.3, -0.25) is 23.4 Å². The highest BCUT2D eigenvalue weighted by Gasteiger charge is 2.17. The van der Waals surface area contributed by atoms with E-state index in [2.05, 4.69) is 15.4 Å². The van der Waals surface area contributed by atoms with E-state index in [-0.39, 0.29) is 29.2 Å².